The van der Waals surface area contributed by atoms with Crippen LogP contribution in [0.5, 0.6) is 0 Å². The lowest BCUT2D eigenvalue weighted by Crippen LogP contribution is -1.99. The molecule has 2 aromatic rings. The fraction of sp³-hybridized carbons (Fsp3) is 0.0769. The van der Waals surface area contributed by atoms with Gasteiger partial charge in [0.05, 0.1) is 15.5 Å². The van der Waals surface area contributed by atoms with Gasteiger partial charge in [0.1, 0.15) is 5.03 Å². The Morgan fingerprint density at radius 1 is 1.24 bits per heavy atom. The molecule has 8 heteroatoms. The van der Waals surface area contributed by atoms with Crippen LogP contribution < -0.4 is 0 Å². The number of sulfone groups is 1. The van der Waals surface area contributed by atoms with E-state index in [1.165, 1.54) is 24.4 Å². The van der Waals surface area contributed by atoms with E-state index in [2.05, 4.69) is 4.98 Å². The van der Waals surface area contributed by atoms with Gasteiger partial charge >= 0.3 is 5.97 Å². The molecule has 0 aliphatic heterocycles. The zero-order valence-electron chi connectivity index (χ0n) is 10.8. The maximum absolute atomic E-state index is 11.4. The molecule has 0 fully saturated rings. The van der Waals surface area contributed by atoms with E-state index in [9.17, 15) is 13.2 Å². The number of carbonyl (C=O) groups is 1. The highest BCUT2D eigenvalue weighted by Gasteiger charge is 2.14. The predicted molar refractivity (Wildman–Crippen MR) is 79.9 cm³/mol. The molecule has 1 aromatic heterocycles. The van der Waals surface area contributed by atoms with E-state index in [-0.39, 0.29) is 15.5 Å². The monoisotopic (exact) mass is 343 g/mol. The van der Waals surface area contributed by atoms with Crippen LogP contribution in [0, 0.1) is 0 Å². The summed E-state index contributed by atoms with van der Waals surface area (Å²) in [5.74, 6) is -1.13. The quantitative estimate of drug-likeness (QED) is 0.918. The van der Waals surface area contributed by atoms with Crippen molar-refractivity contribution in [3.05, 3.63) is 47.1 Å². The van der Waals surface area contributed by atoms with Crippen LogP contribution in [-0.4, -0.2) is 30.7 Å². The molecule has 0 radical (unpaired) electrons. The van der Waals surface area contributed by atoms with Crippen molar-refractivity contribution < 1.29 is 18.3 Å². The number of hydrogen-bond donors (Lipinski definition) is 1. The van der Waals surface area contributed by atoms with Gasteiger partial charge in [-0.2, -0.15) is 0 Å². The Bertz CT molecular complexity index is 788. The fourth-order valence-corrected chi connectivity index (χ4v) is 3.27. The van der Waals surface area contributed by atoms with Crippen molar-refractivity contribution in [3.8, 4) is 0 Å². The summed E-state index contributed by atoms with van der Waals surface area (Å²) < 4.78 is 22.7. The van der Waals surface area contributed by atoms with Crippen LogP contribution in [0.15, 0.2) is 51.3 Å². The summed E-state index contributed by atoms with van der Waals surface area (Å²) in [5.41, 5.74) is -0.0260. The van der Waals surface area contributed by atoms with Crippen molar-refractivity contribution in [2.24, 2.45) is 0 Å². The third kappa shape index (κ3) is 3.75. The molecule has 5 nitrogen and oxygen atoms in total. The first-order chi connectivity index (χ1) is 9.79. The SMILES string of the molecule is CS(=O)(=O)c1ccc(Sc2nccc(C(=O)O)c2Cl)cc1. The molecule has 0 aliphatic rings. The number of carboxylic acids is 1. The van der Waals surface area contributed by atoms with Gasteiger partial charge in [0.15, 0.2) is 9.84 Å². The van der Waals surface area contributed by atoms with Crippen molar-refractivity contribution in [1.82, 2.24) is 4.98 Å². The van der Waals surface area contributed by atoms with E-state index >= 15 is 0 Å². The van der Waals surface area contributed by atoms with E-state index in [1.807, 2.05) is 0 Å². The highest BCUT2D eigenvalue weighted by atomic mass is 35.5. The fourth-order valence-electron chi connectivity index (χ4n) is 1.53. The lowest BCUT2D eigenvalue weighted by Gasteiger charge is -2.06. The molecule has 0 bridgehead atoms. The second kappa shape index (κ2) is 6.05. The van der Waals surface area contributed by atoms with Crippen LogP contribution >= 0.6 is 23.4 Å². The summed E-state index contributed by atoms with van der Waals surface area (Å²) in [6.45, 7) is 0. The third-order valence-electron chi connectivity index (χ3n) is 2.55. The molecular weight excluding hydrogens is 334 g/mol. The lowest BCUT2D eigenvalue weighted by atomic mass is 10.3. The third-order valence-corrected chi connectivity index (χ3v) is 5.19. The number of carboxylic acid groups (broad SMARTS) is 1. The Morgan fingerprint density at radius 3 is 2.38 bits per heavy atom. The van der Waals surface area contributed by atoms with Gasteiger partial charge in [0, 0.05) is 17.3 Å². The highest BCUT2D eigenvalue weighted by Crippen LogP contribution is 2.33. The van der Waals surface area contributed by atoms with Crippen molar-refractivity contribution in [2.45, 2.75) is 14.8 Å². The summed E-state index contributed by atoms with van der Waals surface area (Å²) >= 11 is 7.16. The first-order valence-electron chi connectivity index (χ1n) is 5.65. The minimum Gasteiger partial charge on any atom is -0.478 e. The van der Waals surface area contributed by atoms with Crippen molar-refractivity contribution in [2.75, 3.05) is 6.26 Å². The Balaban J connectivity index is 2.31. The molecule has 0 saturated heterocycles. The molecular formula is C13H10ClNO4S2. The number of benzene rings is 1. The maximum Gasteiger partial charge on any atom is 0.337 e. The molecule has 0 amide bonds. The second-order valence-electron chi connectivity index (χ2n) is 4.13. The highest BCUT2D eigenvalue weighted by molar-refractivity contribution is 7.99. The lowest BCUT2D eigenvalue weighted by molar-refractivity contribution is 0.0696. The van der Waals surface area contributed by atoms with E-state index in [0.717, 1.165) is 18.0 Å². The summed E-state index contributed by atoms with van der Waals surface area (Å²) in [6, 6.07) is 7.51. The average Bonchev–Trinajstić information content (AvgIpc) is 2.40. The largest absolute Gasteiger partial charge is 0.478 e. The standard InChI is InChI=1S/C13H10ClNO4S2/c1-21(18,19)9-4-2-8(3-5-9)20-12-11(14)10(13(16)17)6-7-15-12/h2-7H,1H3,(H,16,17). The van der Waals surface area contributed by atoms with Crippen LogP contribution in [0.2, 0.25) is 5.02 Å². The summed E-state index contributed by atoms with van der Waals surface area (Å²) in [6.07, 6.45) is 2.49. The van der Waals surface area contributed by atoms with Crippen LogP contribution in [0.4, 0.5) is 0 Å². The van der Waals surface area contributed by atoms with E-state index in [1.54, 1.807) is 12.1 Å². The number of nitrogens with zero attached hydrogens (tertiary/aromatic N) is 1. The van der Waals surface area contributed by atoms with Crippen LogP contribution in [-0.2, 0) is 9.84 Å². The van der Waals surface area contributed by atoms with Gasteiger partial charge in [-0.1, -0.05) is 23.4 Å². The molecule has 0 aliphatic carbocycles. The molecule has 0 atom stereocenters. The number of aromatic carboxylic acids is 1. The minimum absolute atomic E-state index is 0.0260. The molecule has 21 heavy (non-hydrogen) atoms. The first kappa shape index (κ1) is 15.8. The summed E-state index contributed by atoms with van der Waals surface area (Å²) in [5, 5.41) is 9.40. The van der Waals surface area contributed by atoms with Crippen LogP contribution in [0.1, 0.15) is 10.4 Å². The normalized spacial score (nSPS) is 11.3. The van der Waals surface area contributed by atoms with Gasteiger partial charge in [0.25, 0.3) is 0 Å². The summed E-state index contributed by atoms with van der Waals surface area (Å²) in [4.78, 5) is 16.0. The van der Waals surface area contributed by atoms with Gasteiger partial charge in [-0.3, -0.25) is 0 Å². The van der Waals surface area contributed by atoms with E-state index < -0.39 is 15.8 Å². The molecule has 110 valence electrons. The maximum atomic E-state index is 11.4. The van der Waals surface area contributed by atoms with E-state index in [4.69, 9.17) is 16.7 Å². The Hall–Kier alpha value is -1.57. The minimum atomic E-state index is -3.25. The summed E-state index contributed by atoms with van der Waals surface area (Å²) in [7, 11) is -3.25. The van der Waals surface area contributed by atoms with Crippen molar-refractivity contribution in [1.29, 1.82) is 0 Å². The number of aromatic nitrogens is 1. The van der Waals surface area contributed by atoms with E-state index in [0.29, 0.717) is 9.92 Å². The zero-order valence-corrected chi connectivity index (χ0v) is 13.2. The number of pyridine rings is 1. The molecule has 0 unspecified atom stereocenters. The Kier molecular flexibility index (Phi) is 4.55. The Morgan fingerprint density at radius 2 is 1.86 bits per heavy atom. The zero-order chi connectivity index (χ0) is 15.6. The Labute approximate surface area is 130 Å². The van der Waals surface area contributed by atoms with Gasteiger partial charge in [-0.15, -0.1) is 0 Å². The van der Waals surface area contributed by atoms with Gasteiger partial charge in [-0.05, 0) is 30.3 Å². The number of halogens is 1. The second-order valence-corrected chi connectivity index (χ2v) is 7.58. The molecule has 1 heterocycles. The number of rotatable bonds is 4. The topological polar surface area (TPSA) is 84.3 Å². The molecule has 0 spiro atoms. The number of hydrogen-bond acceptors (Lipinski definition) is 5. The molecule has 1 N–H and O–H groups in total. The van der Waals surface area contributed by atoms with Gasteiger partial charge < -0.3 is 5.11 Å². The average molecular weight is 344 g/mol. The smallest absolute Gasteiger partial charge is 0.337 e. The van der Waals surface area contributed by atoms with Gasteiger partial charge in [0.2, 0.25) is 0 Å². The van der Waals surface area contributed by atoms with Crippen molar-refractivity contribution in [3.63, 3.8) is 0 Å². The molecule has 1 aromatic carbocycles. The predicted octanol–water partition coefficient (Wildman–Crippen LogP) is 2.99. The van der Waals surface area contributed by atoms with Crippen LogP contribution in [0.3, 0.4) is 0 Å². The molecule has 2 rings (SSSR count). The first-order valence-corrected chi connectivity index (χ1v) is 8.73. The van der Waals surface area contributed by atoms with Gasteiger partial charge in [-0.25, -0.2) is 18.2 Å². The van der Waals surface area contributed by atoms with Crippen LogP contribution in [0.25, 0.3) is 0 Å². The molecule has 0 saturated carbocycles. The van der Waals surface area contributed by atoms with Crippen molar-refractivity contribution >= 4 is 39.2 Å².